The van der Waals surface area contributed by atoms with E-state index in [1.165, 1.54) is 0 Å². The fourth-order valence-electron chi connectivity index (χ4n) is 4.31. The number of ether oxygens (including phenoxy) is 3. The van der Waals surface area contributed by atoms with Crippen LogP contribution in [0.3, 0.4) is 0 Å². The predicted molar refractivity (Wildman–Crippen MR) is 124 cm³/mol. The number of likely N-dealkylation sites (tertiary alicyclic amines) is 1. The van der Waals surface area contributed by atoms with Gasteiger partial charge in [0.15, 0.2) is 18.1 Å². The number of thioether (sulfide) groups is 1. The van der Waals surface area contributed by atoms with E-state index in [4.69, 9.17) is 14.2 Å². The monoisotopic (exact) mass is 469 g/mol. The molecular formula is C24H27N3O5S. The number of piperidine rings is 1. The molecule has 1 unspecified atom stereocenters. The maximum absolute atomic E-state index is 12.7. The molecule has 3 aliphatic heterocycles. The molecule has 9 heteroatoms. The minimum Gasteiger partial charge on any atom is -0.484 e. The van der Waals surface area contributed by atoms with Crippen molar-refractivity contribution in [3.8, 4) is 17.2 Å². The Bertz CT molecular complexity index is 1010. The number of amides is 2. The van der Waals surface area contributed by atoms with Gasteiger partial charge in [0.25, 0.3) is 5.91 Å². The zero-order valence-electron chi connectivity index (χ0n) is 18.2. The van der Waals surface area contributed by atoms with Gasteiger partial charge in [-0.3, -0.25) is 14.9 Å². The summed E-state index contributed by atoms with van der Waals surface area (Å²) in [4.78, 5) is 27.0. The van der Waals surface area contributed by atoms with E-state index in [0.717, 1.165) is 29.9 Å². The van der Waals surface area contributed by atoms with Gasteiger partial charge in [-0.05, 0) is 42.7 Å². The maximum atomic E-state index is 12.7. The average molecular weight is 470 g/mol. The number of carbonyl (C=O) groups is 2. The Morgan fingerprint density at radius 3 is 2.73 bits per heavy atom. The third-order valence-corrected chi connectivity index (χ3v) is 7.79. The van der Waals surface area contributed by atoms with Gasteiger partial charge in [-0.2, -0.15) is 0 Å². The first-order chi connectivity index (χ1) is 16.1. The first-order valence-corrected chi connectivity index (χ1v) is 12.1. The molecule has 1 spiro atoms. The van der Waals surface area contributed by atoms with Gasteiger partial charge in [0.2, 0.25) is 12.7 Å². The average Bonchev–Trinajstić information content (AvgIpc) is 3.49. The van der Waals surface area contributed by atoms with Gasteiger partial charge in [0.05, 0.1) is 10.9 Å². The molecule has 3 aliphatic rings. The quantitative estimate of drug-likeness (QED) is 0.670. The molecule has 2 aromatic carbocycles. The highest BCUT2D eigenvalue weighted by Crippen LogP contribution is 2.39. The molecule has 8 nitrogen and oxygen atoms in total. The number of rotatable bonds is 6. The maximum Gasteiger partial charge on any atom is 0.260 e. The van der Waals surface area contributed by atoms with Crippen LogP contribution >= 0.6 is 11.8 Å². The first-order valence-electron chi connectivity index (χ1n) is 11.1. The molecule has 1 atom stereocenters. The number of nitrogens with zero attached hydrogens (tertiary/aromatic N) is 1. The molecule has 0 radical (unpaired) electrons. The minimum absolute atomic E-state index is 0.00489. The van der Waals surface area contributed by atoms with E-state index in [9.17, 15) is 9.59 Å². The Morgan fingerprint density at radius 2 is 1.91 bits per heavy atom. The second-order valence-electron chi connectivity index (χ2n) is 8.39. The van der Waals surface area contributed by atoms with Gasteiger partial charge in [-0.1, -0.05) is 24.3 Å². The molecule has 3 heterocycles. The van der Waals surface area contributed by atoms with Crippen molar-refractivity contribution in [2.45, 2.75) is 30.3 Å². The highest BCUT2D eigenvalue weighted by molar-refractivity contribution is 8.01. The van der Waals surface area contributed by atoms with Gasteiger partial charge in [0, 0.05) is 25.4 Å². The van der Waals surface area contributed by atoms with Crippen LogP contribution in [0.4, 0.5) is 0 Å². The normalized spacial score (nSPS) is 20.6. The zero-order chi connectivity index (χ0) is 22.7. The SMILES string of the molecule is O=C(NCc1ccc2c(c1)OCO2)C1CSC2(CCN(C(=O)COc3ccccc3)CC2)N1. The van der Waals surface area contributed by atoms with Crippen LogP contribution in [0.5, 0.6) is 17.2 Å². The third kappa shape index (κ3) is 5.04. The van der Waals surface area contributed by atoms with E-state index in [1.807, 2.05) is 53.4 Å². The van der Waals surface area contributed by atoms with Crippen LogP contribution in [0, 0.1) is 0 Å². The van der Waals surface area contributed by atoms with E-state index >= 15 is 0 Å². The van der Waals surface area contributed by atoms with E-state index < -0.39 is 0 Å². The second-order valence-corrected chi connectivity index (χ2v) is 9.79. The Morgan fingerprint density at radius 1 is 1.12 bits per heavy atom. The molecule has 0 bridgehead atoms. The van der Waals surface area contributed by atoms with Crippen molar-refractivity contribution in [3.63, 3.8) is 0 Å². The summed E-state index contributed by atoms with van der Waals surface area (Å²) in [6.07, 6.45) is 1.61. The van der Waals surface area contributed by atoms with E-state index in [2.05, 4.69) is 10.6 Å². The van der Waals surface area contributed by atoms with Crippen molar-refractivity contribution in [1.82, 2.24) is 15.5 Å². The van der Waals surface area contributed by atoms with E-state index in [-0.39, 0.29) is 36.1 Å². The number of benzene rings is 2. The fourth-order valence-corrected chi connectivity index (χ4v) is 5.72. The van der Waals surface area contributed by atoms with Gasteiger partial charge in [0.1, 0.15) is 5.75 Å². The molecule has 2 aromatic rings. The summed E-state index contributed by atoms with van der Waals surface area (Å²) in [5.41, 5.74) is 0.970. The summed E-state index contributed by atoms with van der Waals surface area (Å²) in [7, 11) is 0. The number of para-hydroxylation sites is 1. The lowest BCUT2D eigenvalue weighted by Gasteiger charge is -2.39. The van der Waals surface area contributed by atoms with Gasteiger partial charge in [-0.15, -0.1) is 11.8 Å². The predicted octanol–water partition coefficient (Wildman–Crippen LogP) is 2.13. The molecule has 2 fully saturated rings. The first kappa shape index (κ1) is 21.9. The van der Waals surface area contributed by atoms with Crippen molar-refractivity contribution in [2.75, 3.05) is 32.2 Å². The second kappa shape index (κ2) is 9.52. The van der Waals surface area contributed by atoms with Gasteiger partial charge < -0.3 is 24.4 Å². The largest absolute Gasteiger partial charge is 0.484 e. The molecule has 0 saturated carbocycles. The van der Waals surface area contributed by atoms with Crippen molar-refractivity contribution < 1.29 is 23.8 Å². The number of fused-ring (bicyclic) bond motifs is 1. The summed E-state index contributed by atoms with van der Waals surface area (Å²) < 4.78 is 16.3. The highest BCUT2D eigenvalue weighted by Gasteiger charge is 2.44. The Labute approximate surface area is 196 Å². The molecular weight excluding hydrogens is 442 g/mol. The van der Waals surface area contributed by atoms with Crippen LogP contribution in [0.15, 0.2) is 48.5 Å². The number of nitrogens with one attached hydrogen (secondary N) is 2. The van der Waals surface area contributed by atoms with Crippen molar-refractivity contribution >= 4 is 23.6 Å². The summed E-state index contributed by atoms with van der Waals surface area (Å²) >= 11 is 1.79. The molecule has 5 rings (SSSR count). The lowest BCUT2D eigenvalue weighted by atomic mass is 10.0. The molecule has 33 heavy (non-hydrogen) atoms. The van der Waals surface area contributed by atoms with Gasteiger partial charge >= 0.3 is 0 Å². The minimum atomic E-state index is -0.243. The van der Waals surface area contributed by atoms with Crippen LogP contribution in [0.25, 0.3) is 0 Å². The van der Waals surface area contributed by atoms with Crippen LogP contribution in [-0.4, -0.2) is 59.9 Å². The lowest BCUT2D eigenvalue weighted by Crippen LogP contribution is -2.54. The Kier molecular flexibility index (Phi) is 6.32. The van der Waals surface area contributed by atoms with Crippen molar-refractivity contribution in [2.24, 2.45) is 0 Å². The zero-order valence-corrected chi connectivity index (χ0v) is 19.1. The standard InChI is InChI=1S/C24H27N3O5S/c28-22(14-30-18-4-2-1-3-5-18)27-10-8-24(9-11-27)26-19(15-33-24)23(29)25-13-17-6-7-20-21(12-17)32-16-31-20/h1-7,12,19,26H,8-11,13-16H2,(H,25,29). The Hall–Kier alpha value is -2.91. The molecule has 2 amide bonds. The van der Waals surface area contributed by atoms with Crippen LogP contribution in [0.2, 0.25) is 0 Å². The summed E-state index contributed by atoms with van der Waals surface area (Å²) in [5, 5.41) is 6.56. The van der Waals surface area contributed by atoms with Gasteiger partial charge in [-0.25, -0.2) is 0 Å². The van der Waals surface area contributed by atoms with Crippen molar-refractivity contribution in [3.05, 3.63) is 54.1 Å². The van der Waals surface area contributed by atoms with E-state index in [0.29, 0.717) is 31.1 Å². The van der Waals surface area contributed by atoms with Crippen LogP contribution < -0.4 is 24.8 Å². The highest BCUT2D eigenvalue weighted by atomic mass is 32.2. The number of carbonyl (C=O) groups excluding carboxylic acids is 2. The molecule has 0 aliphatic carbocycles. The van der Waals surface area contributed by atoms with Crippen LogP contribution in [0.1, 0.15) is 18.4 Å². The third-order valence-electron chi connectivity index (χ3n) is 6.21. The topological polar surface area (TPSA) is 89.1 Å². The molecule has 0 aromatic heterocycles. The summed E-state index contributed by atoms with van der Waals surface area (Å²) in [6, 6.07) is 14.8. The molecule has 2 saturated heterocycles. The summed E-state index contributed by atoms with van der Waals surface area (Å²) in [5.74, 6) is 2.85. The van der Waals surface area contributed by atoms with Crippen molar-refractivity contribution in [1.29, 1.82) is 0 Å². The summed E-state index contributed by atoms with van der Waals surface area (Å²) in [6.45, 7) is 2.03. The smallest absolute Gasteiger partial charge is 0.260 e. The Balaban J connectivity index is 1.07. The fraction of sp³-hybridized carbons (Fsp3) is 0.417. The number of hydrogen-bond donors (Lipinski definition) is 2. The lowest BCUT2D eigenvalue weighted by molar-refractivity contribution is -0.134. The number of hydrogen-bond acceptors (Lipinski definition) is 7. The van der Waals surface area contributed by atoms with E-state index in [1.54, 1.807) is 11.8 Å². The molecule has 174 valence electrons. The molecule has 2 N–H and O–H groups in total. The van der Waals surface area contributed by atoms with Crippen LogP contribution in [-0.2, 0) is 16.1 Å².